The first kappa shape index (κ1) is 18.9. The average Bonchev–Trinajstić information content (AvgIpc) is 3.03. The van der Waals surface area contributed by atoms with Gasteiger partial charge in [-0.2, -0.15) is 0 Å². The molecular weight excluding hydrogens is 538 g/mol. The van der Waals surface area contributed by atoms with Crippen LogP contribution in [0.3, 0.4) is 0 Å². The van der Waals surface area contributed by atoms with Gasteiger partial charge in [-0.3, -0.25) is 9.59 Å². The summed E-state index contributed by atoms with van der Waals surface area (Å²) in [5, 5.41) is 5.06. The third kappa shape index (κ3) is 4.25. The number of urea groups is 1. The summed E-state index contributed by atoms with van der Waals surface area (Å²) >= 11 is 9.76. The first-order valence-corrected chi connectivity index (χ1v) is 9.56. The second-order valence-corrected chi connectivity index (χ2v) is 7.70. The van der Waals surface area contributed by atoms with E-state index < -0.39 is 24.4 Å². The van der Waals surface area contributed by atoms with Crippen molar-refractivity contribution >= 4 is 77.4 Å². The Morgan fingerprint density at radius 2 is 1.88 bits per heavy atom. The van der Waals surface area contributed by atoms with Gasteiger partial charge in [-0.25, -0.2) is 9.69 Å². The molecule has 2 heterocycles. The number of benzene rings is 1. The Kier molecular flexibility index (Phi) is 5.64. The van der Waals surface area contributed by atoms with Gasteiger partial charge in [-0.1, -0.05) is 15.9 Å². The van der Waals surface area contributed by atoms with Gasteiger partial charge in [0, 0.05) is 16.2 Å². The average molecular weight is 548 g/mol. The number of rotatable bonds is 4. The molecule has 2 N–H and O–H groups in total. The maximum Gasteiger partial charge on any atom is 0.329 e. The van der Waals surface area contributed by atoms with Crippen molar-refractivity contribution in [2.45, 2.75) is 0 Å². The summed E-state index contributed by atoms with van der Waals surface area (Å²) in [7, 11) is 0. The fraction of sp³-hybridized carbons (Fsp3) is 0.0625. The number of nitrogens with one attached hydrogen (secondary N) is 2. The first-order chi connectivity index (χ1) is 12.3. The molecule has 0 atom stereocenters. The van der Waals surface area contributed by atoms with Crippen LogP contribution in [-0.4, -0.2) is 29.3 Å². The van der Waals surface area contributed by atoms with Gasteiger partial charge in [-0.15, -0.1) is 0 Å². The zero-order valence-electron chi connectivity index (χ0n) is 12.9. The van der Waals surface area contributed by atoms with Crippen molar-refractivity contribution in [2.75, 3.05) is 11.9 Å². The van der Waals surface area contributed by atoms with E-state index in [9.17, 15) is 14.4 Å². The molecule has 0 saturated carbocycles. The Morgan fingerprint density at radius 1 is 1.19 bits per heavy atom. The Balaban J connectivity index is 1.68. The number of anilines is 1. The van der Waals surface area contributed by atoms with Crippen molar-refractivity contribution < 1.29 is 18.8 Å². The van der Waals surface area contributed by atoms with Crippen LogP contribution < -0.4 is 10.6 Å². The molecule has 0 spiro atoms. The monoisotopic (exact) mass is 545 g/mol. The fourth-order valence-corrected chi connectivity index (χ4v) is 3.04. The third-order valence-corrected chi connectivity index (χ3v) is 5.58. The quantitative estimate of drug-likeness (QED) is 0.445. The lowest BCUT2D eigenvalue weighted by Gasteiger charge is -2.11. The fourth-order valence-electron chi connectivity index (χ4n) is 2.17. The highest BCUT2D eigenvalue weighted by atomic mass is 79.9. The molecule has 0 bridgehead atoms. The van der Waals surface area contributed by atoms with Gasteiger partial charge in [0.25, 0.3) is 5.91 Å². The lowest BCUT2D eigenvalue weighted by molar-refractivity contribution is -0.127. The van der Waals surface area contributed by atoms with E-state index in [-0.39, 0.29) is 5.70 Å². The van der Waals surface area contributed by atoms with Crippen molar-refractivity contribution in [1.82, 2.24) is 10.2 Å². The zero-order chi connectivity index (χ0) is 18.8. The molecule has 1 aliphatic rings. The summed E-state index contributed by atoms with van der Waals surface area (Å²) in [6.07, 6.45) is 1.39. The Hall–Kier alpha value is -1.91. The minimum atomic E-state index is -0.670. The molecule has 4 amide bonds. The van der Waals surface area contributed by atoms with Gasteiger partial charge in [0.1, 0.15) is 18.0 Å². The molecule has 2 aromatic rings. The van der Waals surface area contributed by atoms with Crippen LogP contribution in [-0.2, 0) is 9.59 Å². The van der Waals surface area contributed by atoms with Crippen LogP contribution in [0.4, 0.5) is 10.5 Å². The number of imide groups is 1. The van der Waals surface area contributed by atoms with Crippen LogP contribution in [0.15, 0.2) is 54.1 Å². The number of hydrogen-bond acceptors (Lipinski definition) is 4. The van der Waals surface area contributed by atoms with Gasteiger partial charge < -0.3 is 15.1 Å². The molecule has 0 aliphatic carbocycles. The minimum absolute atomic E-state index is 0.0280. The molecule has 1 aliphatic heterocycles. The van der Waals surface area contributed by atoms with E-state index in [1.54, 1.807) is 30.3 Å². The van der Waals surface area contributed by atoms with E-state index in [1.807, 2.05) is 0 Å². The summed E-state index contributed by atoms with van der Waals surface area (Å²) in [4.78, 5) is 37.3. The third-order valence-electron chi connectivity index (χ3n) is 3.34. The molecule has 1 saturated heterocycles. The van der Waals surface area contributed by atoms with Crippen LogP contribution in [0.25, 0.3) is 6.08 Å². The van der Waals surface area contributed by atoms with Gasteiger partial charge in [-0.05, 0) is 62.2 Å². The first-order valence-electron chi connectivity index (χ1n) is 7.18. The summed E-state index contributed by atoms with van der Waals surface area (Å²) in [6.45, 7) is -0.399. The molecule has 1 fully saturated rings. The lowest BCUT2D eigenvalue weighted by Crippen LogP contribution is -2.38. The summed E-state index contributed by atoms with van der Waals surface area (Å²) in [5.41, 5.74) is 0.589. The summed E-state index contributed by atoms with van der Waals surface area (Å²) < 4.78 is 7.36. The second-order valence-electron chi connectivity index (χ2n) is 5.20. The standard InChI is InChI=1S/C16H10Br3N3O4/c17-8-1-3-9(4-2-8)20-13(23)7-22-15(24)12(21-16(22)25)6-10-5-11(18)14(19)26-10/h1-6H,7H2,(H,20,23)(H,21,25)/b12-6-. The van der Waals surface area contributed by atoms with Crippen LogP contribution in [0.2, 0.25) is 0 Å². The Morgan fingerprint density at radius 3 is 2.50 bits per heavy atom. The van der Waals surface area contributed by atoms with Crippen LogP contribution in [0.5, 0.6) is 0 Å². The van der Waals surface area contributed by atoms with Gasteiger partial charge in [0.15, 0.2) is 4.67 Å². The summed E-state index contributed by atoms with van der Waals surface area (Å²) in [5.74, 6) is -0.723. The molecule has 3 rings (SSSR count). The smallest absolute Gasteiger partial charge is 0.329 e. The SMILES string of the molecule is O=C(CN1C(=O)N/C(=C\c2cc(Br)c(Br)o2)C1=O)Nc1ccc(Br)cc1. The molecule has 134 valence electrons. The number of hydrogen-bond donors (Lipinski definition) is 2. The second kappa shape index (κ2) is 7.77. The van der Waals surface area contributed by atoms with E-state index >= 15 is 0 Å². The van der Waals surface area contributed by atoms with E-state index in [0.29, 0.717) is 20.6 Å². The maximum atomic E-state index is 12.4. The predicted octanol–water partition coefficient (Wildman–Crippen LogP) is 4.10. The van der Waals surface area contributed by atoms with E-state index in [0.717, 1.165) is 9.37 Å². The number of carbonyl (C=O) groups is 3. The maximum absolute atomic E-state index is 12.4. The van der Waals surface area contributed by atoms with Crippen LogP contribution >= 0.6 is 47.8 Å². The number of amides is 4. The molecule has 7 nitrogen and oxygen atoms in total. The van der Waals surface area contributed by atoms with Crippen LogP contribution in [0.1, 0.15) is 5.76 Å². The Labute approximate surface area is 173 Å². The lowest BCUT2D eigenvalue weighted by atomic mass is 10.3. The highest BCUT2D eigenvalue weighted by molar-refractivity contribution is 9.13. The molecule has 26 heavy (non-hydrogen) atoms. The summed E-state index contributed by atoms with van der Waals surface area (Å²) in [6, 6.07) is 7.90. The van der Waals surface area contributed by atoms with Gasteiger partial charge in [0.2, 0.25) is 5.91 Å². The highest BCUT2D eigenvalue weighted by Crippen LogP contribution is 2.28. The van der Waals surface area contributed by atoms with Crippen molar-refractivity contribution in [2.24, 2.45) is 0 Å². The highest BCUT2D eigenvalue weighted by Gasteiger charge is 2.35. The van der Waals surface area contributed by atoms with Crippen molar-refractivity contribution in [3.05, 3.63) is 55.4 Å². The van der Waals surface area contributed by atoms with Gasteiger partial charge in [0.05, 0.1) is 4.47 Å². The van der Waals surface area contributed by atoms with Crippen molar-refractivity contribution in [3.63, 3.8) is 0 Å². The normalized spacial score (nSPS) is 15.5. The van der Waals surface area contributed by atoms with Crippen molar-refractivity contribution in [3.8, 4) is 0 Å². The topological polar surface area (TPSA) is 91.7 Å². The zero-order valence-corrected chi connectivity index (χ0v) is 17.6. The molecule has 0 unspecified atom stereocenters. The molecule has 10 heteroatoms. The van der Waals surface area contributed by atoms with Crippen molar-refractivity contribution in [1.29, 1.82) is 0 Å². The number of nitrogens with zero attached hydrogens (tertiary/aromatic N) is 1. The largest absolute Gasteiger partial charge is 0.449 e. The van der Waals surface area contributed by atoms with E-state index in [4.69, 9.17) is 4.42 Å². The van der Waals surface area contributed by atoms with Gasteiger partial charge >= 0.3 is 6.03 Å². The van der Waals surface area contributed by atoms with E-state index in [1.165, 1.54) is 6.08 Å². The number of halogens is 3. The minimum Gasteiger partial charge on any atom is -0.449 e. The predicted molar refractivity (Wildman–Crippen MR) is 105 cm³/mol. The van der Waals surface area contributed by atoms with E-state index in [2.05, 4.69) is 58.4 Å². The molecule has 0 radical (unpaired) electrons. The molecule has 1 aromatic carbocycles. The Bertz CT molecular complexity index is 902. The number of carbonyl (C=O) groups excluding carboxylic acids is 3. The van der Waals surface area contributed by atoms with Crippen LogP contribution in [0, 0.1) is 0 Å². The molecule has 1 aromatic heterocycles. The number of furan rings is 1. The molecular formula is C16H10Br3N3O4.